The second kappa shape index (κ2) is 3.03. The number of Topliss-reactive ketones (excluding diaryl/α,β-unsaturated/α-hetero) is 1. The van der Waals surface area contributed by atoms with Gasteiger partial charge in [-0.1, -0.05) is 0 Å². The first-order valence-corrected chi connectivity index (χ1v) is 4.74. The second-order valence-corrected chi connectivity index (χ2v) is 3.35. The molecule has 0 spiro atoms. The zero-order valence-corrected chi connectivity index (χ0v) is 5.85. The molecule has 0 aromatic rings. The van der Waals surface area contributed by atoms with Crippen LogP contribution in [0, 0.1) is 0 Å². The first-order chi connectivity index (χ1) is 3.13. The van der Waals surface area contributed by atoms with Gasteiger partial charge in [0.1, 0.15) is 0 Å². The molecular weight excluding hydrogens is 180 g/mol. The summed E-state index contributed by atoms with van der Waals surface area (Å²) in [4.78, 5) is 9.68. The minimum atomic E-state index is -3.33. The molecule has 0 unspecified atom stereocenters. The molecular formula is C3H5MoO3. The summed E-state index contributed by atoms with van der Waals surface area (Å²) in [6.45, 7) is 1.27. The molecule has 0 fully saturated rings. The zero-order valence-electron chi connectivity index (χ0n) is 3.84. The van der Waals surface area contributed by atoms with Gasteiger partial charge in [-0.25, -0.2) is 0 Å². The Hall–Kier alpha value is -0.0417. The van der Waals surface area contributed by atoms with Crippen molar-refractivity contribution in [3.63, 3.8) is 0 Å². The monoisotopic (exact) mass is 187 g/mol. The van der Waals surface area contributed by atoms with Gasteiger partial charge in [0.25, 0.3) is 0 Å². The summed E-state index contributed by atoms with van der Waals surface area (Å²) in [6, 6.07) is 0. The van der Waals surface area contributed by atoms with Crippen molar-refractivity contribution < 1.29 is 28.8 Å². The van der Waals surface area contributed by atoms with Crippen LogP contribution in [0.4, 0.5) is 0 Å². The van der Waals surface area contributed by atoms with Crippen LogP contribution in [0.25, 0.3) is 0 Å². The fourth-order valence-electron chi connectivity index (χ4n) is 0.166. The van der Waals surface area contributed by atoms with Gasteiger partial charge < -0.3 is 0 Å². The predicted molar refractivity (Wildman–Crippen MR) is 16.9 cm³/mol. The number of carbonyl (C=O) groups is 1. The fraction of sp³-hybridized carbons (Fsp3) is 0.667. The zero-order chi connectivity index (χ0) is 5.86. The van der Waals surface area contributed by atoms with Crippen molar-refractivity contribution >= 4 is 5.78 Å². The minimum absolute atomic E-state index is 0.219. The molecule has 0 bridgehead atoms. The van der Waals surface area contributed by atoms with Gasteiger partial charge in [0.2, 0.25) is 0 Å². The topological polar surface area (TPSA) is 51.2 Å². The number of carbonyl (C=O) groups excluding carboxylic acids is 1. The maximum atomic E-state index is 9.90. The summed E-state index contributed by atoms with van der Waals surface area (Å²) in [5.74, 6) is -0.262. The van der Waals surface area contributed by atoms with E-state index < -0.39 is 17.2 Å². The van der Waals surface area contributed by atoms with Crippen molar-refractivity contribution in [1.82, 2.24) is 0 Å². The van der Waals surface area contributed by atoms with Crippen LogP contribution < -0.4 is 0 Å². The third-order valence-corrected chi connectivity index (χ3v) is 1.90. The summed E-state index contributed by atoms with van der Waals surface area (Å²) in [6.07, 6.45) is 0. The Morgan fingerprint density at radius 1 is 1.57 bits per heavy atom. The average Bonchev–Trinajstić information content (AvgIpc) is 1.27. The van der Waals surface area contributed by atoms with E-state index in [1.807, 2.05) is 0 Å². The van der Waals surface area contributed by atoms with Crippen LogP contribution in [0.5, 0.6) is 0 Å². The number of ketones is 1. The molecule has 0 aromatic carbocycles. The van der Waals surface area contributed by atoms with Crippen LogP contribution in [0.2, 0.25) is 4.81 Å². The van der Waals surface area contributed by atoms with Crippen LogP contribution in [-0.4, -0.2) is 5.78 Å². The molecule has 0 saturated heterocycles. The predicted octanol–water partition coefficient (Wildman–Crippen LogP) is 0.303. The first kappa shape index (κ1) is 6.96. The Kier molecular flexibility index (Phi) is 3.01. The first-order valence-electron chi connectivity index (χ1n) is 1.68. The van der Waals surface area contributed by atoms with Gasteiger partial charge in [-0.3, -0.25) is 0 Å². The van der Waals surface area contributed by atoms with Crippen molar-refractivity contribution in [2.75, 3.05) is 0 Å². The molecule has 0 radical (unpaired) electrons. The van der Waals surface area contributed by atoms with E-state index >= 15 is 0 Å². The van der Waals surface area contributed by atoms with E-state index in [0.29, 0.717) is 0 Å². The van der Waals surface area contributed by atoms with E-state index in [9.17, 15) is 11.6 Å². The van der Waals surface area contributed by atoms with Crippen LogP contribution in [0.3, 0.4) is 0 Å². The van der Waals surface area contributed by atoms with E-state index in [-0.39, 0.29) is 10.6 Å². The van der Waals surface area contributed by atoms with Crippen molar-refractivity contribution in [3.8, 4) is 0 Å². The second-order valence-electron chi connectivity index (χ2n) is 1.15. The molecule has 0 N–H and O–H groups in total. The van der Waals surface area contributed by atoms with Crippen molar-refractivity contribution in [2.45, 2.75) is 11.7 Å². The van der Waals surface area contributed by atoms with Crippen LogP contribution in [-0.2, 0) is 28.8 Å². The Balaban J connectivity index is 3.53. The van der Waals surface area contributed by atoms with Gasteiger partial charge in [0, 0.05) is 0 Å². The van der Waals surface area contributed by atoms with Gasteiger partial charge >= 0.3 is 46.3 Å². The molecule has 0 aromatic heterocycles. The molecule has 3 nitrogen and oxygen atoms in total. The van der Waals surface area contributed by atoms with E-state index in [1.54, 1.807) is 0 Å². The number of hydrogen-bond donors (Lipinski definition) is 0. The summed E-state index contributed by atoms with van der Waals surface area (Å²) < 4.78 is 19.5. The quantitative estimate of drug-likeness (QED) is 0.581. The van der Waals surface area contributed by atoms with Gasteiger partial charge in [-0.15, -0.1) is 0 Å². The molecule has 0 aliphatic rings. The van der Waals surface area contributed by atoms with Crippen LogP contribution in [0.15, 0.2) is 0 Å². The summed E-state index contributed by atoms with van der Waals surface area (Å²) >= 11 is -3.33. The Morgan fingerprint density at radius 2 is 2.00 bits per heavy atom. The summed E-state index contributed by atoms with van der Waals surface area (Å²) in [7, 11) is 0. The third kappa shape index (κ3) is 5.96. The number of rotatable bonds is 2. The summed E-state index contributed by atoms with van der Waals surface area (Å²) in [5.41, 5.74) is 0. The Bertz CT molecular complexity index is 127. The number of hydrogen-bond acceptors (Lipinski definition) is 3. The molecule has 4 heteroatoms. The molecule has 41 valence electrons. The molecule has 0 aliphatic heterocycles. The van der Waals surface area contributed by atoms with Crippen molar-refractivity contribution in [1.29, 1.82) is 0 Å². The maximum absolute atomic E-state index is 9.90. The fourth-order valence-corrected chi connectivity index (χ4v) is 0.982. The van der Waals surface area contributed by atoms with Crippen molar-refractivity contribution in [3.05, 3.63) is 0 Å². The molecule has 0 rings (SSSR count). The molecule has 0 heterocycles. The van der Waals surface area contributed by atoms with Gasteiger partial charge in [-0.05, 0) is 0 Å². The standard InChI is InChI=1S/C3H5O.Mo.2O/c1-3(2)4;;;/h1H2,2H3;;;. The molecule has 0 aliphatic carbocycles. The average molecular weight is 185 g/mol. The van der Waals surface area contributed by atoms with E-state index in [0.717, 1.165) is 0 Å². The van der Waals surface area contributed by atoms with Gasteiger partial charge in [-0.2, -0.15) is 0 Å². The van der Waals surface area contributed by atoms with E-state index in [2.05, 4.69) is 0 Å². The van der Waals surface area contributed by atoms with Crippen molar-refractivity contribution in [2.24, 2.45) is 0 Å². The SMILES string of the molecule is CC(=O)[CH2][Mo](=[O])=[O]. The normalized spacial score (nSPS) is 8.14. The third-order valence-electron chi connectivity index (χ3n) is 0.321. The van der Waals surface area contributed by atoms with E-state index in [4.69, 9.17) is 0 Å². The van der Waals surface area contributed by atoms with Gasteiger partial charge in [0.15, 0.2) is 0 Å². The molecule has 0 saturated carbocycles. The molecule has 0 amide bonds. The van der Waals surface area contributed by atoms with Gasteiger partial charge in [0.05, 0.1) is 0 Å². The Labute approximate surface area is 46.9 Å². The Morgan fingerprint density at radius 3 is 2.00 bits per heavy atom. The van der Waals surface area contributed by atoms with E-state index in [1.165, 1.54) is 6.92 Å². The van der Waals surface area contributed by atoms with Crippen LogP contribution in [0.1, 0.15) is 6.92 Å². The molecule has 7 heavy (non-hydrogen) atoms. The molecule has 0 atom stereocenters. The van der Waals surface area contributed by atoms with Crippen LogP contribution >= 0.6 is 0 Å². The summed E-state index contributed by atoms with van der Waals surface area (Å²) in [5, 5.41) is 0.